The van der Waals surface area contributed by atoms with Crippen LogP contribution in [0.5, 0.6) is 0 Å². The van der Waals surface area contributed by atoms with Crippen LogP contribution < -0.4 is 0 Å². The van der Waals surface area contributed by atoms with Gasteiger partial charge in [-0.05, 0) is 15.9 Å². The Kier molecular flexibility index (Phi) is 1.38. The normalized spacial score (nSPS) is 10.7. The maximum absolute atomic E-state index is 4.11. The van der Waals surface area contributed by atoms with E-state index >= 15 is 0 Å². The fourth-order valence-electron chi connectivity index (χ4n) is 0.917. The number of imidazole rings is 1. The lowest BCUT2D eigenvalue weighted by Gasteiger charge is -1.91. The lowest BCUT2D eigenvalue weighted by molar-refractivity contribution is 0.927. The van der Waals surface area contributed by atoms with E-state index in [9.17, 15) is 0 Å². The minimum Gasteiger partial charge on any atom is -0.318 e. The molecule has 0 spiro atoms. The molecule has 0 aliphatic heterocycles. The van der Waals surface area contributed by atoms with E-state index in [0.717, 1.165) is 15.8 Å². The van der Waals surface area contributed by atoms with Crippen molar-refractivity contribution in [2.45, 2.75) is 0 Å². The molecule has 2 rings (SSSR count). The minimum atomic E-state index is 0.739. The number of hydrogen-bond acceptors (Lipinski definition) is 3. The summed E-state index contributed by atoms with van der Waals surface area (Å²) in [5, 5.41) is 0. The predicted octanol–water partition coefficient (Wildman–Crippen LogP) is 1.13. The molecule has 0 fully saturated rings. The van der Waals surface area contributed by atoms with Crippen LogP contribution in [0.1, 0.15) is 0 Å². The second kappa shape index (κ2) is 2.27. The van der Waals surface area contributed by atoms with E-state index in [1.165, 1.54) is 6.33 Å². The molecule has 4 nitrogen and oxygen atoms in total. The number of fused-ring (bicyclic) bond motifs is 1. The molecular weight excluding hydrogens is 208 g/mol. The Labute approximate surface area is 71.4 Å². The van der Waals surface area contributed by atoms with Crippen LogP contribution in [0.4, 0.5) is 0 Å². The average molecular weight is 213 g/mol. The Bertz CT molecular complexity index is 394. The van der Waals surface area contributed by atoms with Gasteiger partial charge in [0.2, 0.25) is 0 Å². The van der Waals surface area contributed by atoms with E-state index in [1.54, 1.807) is 6.33 Å². The molecule has 0 bridgehead atoms. The first-order valence-corrected chi connectivity index (χ1v) is 3.86. The molecule has 0 aliphatic carbocycles. The van der Waals surface area contributed by atoms with Crippen LogP contribution in [-0.4, -0.2) is 19.5 Å². The van der Waals surface area contributed by atoms with Gasteiger partial charge in [-0.25, -0.2) is 15.0 Å². The molecular formula is C6H5BrN4. The van der Waals surface area contributed by atoms with Crippen molar-refractivity contribution in [3.63, 3.8) is 0 Å². The van der Waals surface area contributed by atoms with Crippen molar-refractivity contribution in [2.24, 2.45) is 7.05 Å². The summed E-state index contributed by atoms with van der Waals surface area (Å²) in [5.74, 6) is 0. The molecule has 11 heavy (non-hydrogen) atoms. The number of nitrogens with zero attached hydrogens (tertiary/aromatic N) is 4. The molecule has 56 valence electrons. The molecule has 0 saturated heterocycles. The minimum absolute atomic E-state index is 0.739. The third kappa shape index (κ3) is 0.920. The van der Waals surface area contributed by atoms with Crippen molar-refractivity contribution in [3.8, 4) is 0 Å². The Morgan fingerprint density at radius 2 is 2.18 bits per heavy atom. The number of aromatic nitrogens is 4. The van der Waals surface area contributed by atoms with Crippen LogP contribution in [-0.2, 0) is 7.05 Å². The fourth-order valence-corrected chi connectivity index (χ4v) is 1.29. The Morgan fingerprint density at radius 3 is 2.91 bits per heavy atom. The quantitative estimate of drug-likeness (QED) is 0.616. The van der Waals surface area contributed by atoms with E-state index in [-0.39, 0.29) is 0 Å². The molecule has 0 radical (unpaired) electrons. The highest BCUT2D eigenvalue weighted by Crippen LogP contribution is 2.16. The van der Waals surface area contributed by atoms with Crippen molar-refractivity contribution in [2.75, 3.05) is 0 Å². The van der Waals surface area contributed by atoms with Gasteiger partial charge in [-0.3, -0.25) is 0 Å². The third-order valence-electron chi connectivity index (χ3n) is 1.45. The molecule has 2 heterocycles. The number of rotatable bonds is 0. The van der Waals surface area contributed by atoms with E-state index in [4.69, 9.17) is 0 Å². The van der Waals surface area contributed by atoms with Crippen molar-refractivity contribution < 1.29 is 0 Å². The van der Waals surface area contributed by atoms with Gasteiger partial charge < -0.3 is 4.57 Å². The van der Waals surface area contributed by atoms with Gasteiger partial charge in [0.25, 0.3) is 0 Å². The van der Waals surface area contributed by atoms with Gasteiger partial charge in [0, 0.05) is 7.05 Å². The second-order valence-corrected chi connectivity index (χ2v) is 2.94. The standard InChI is InChI=1S/C6H5BrN4/c1-11-3-10-4-5(7)8-2-9-6(4)11/h2-3H,1H3. The zero-order valence-electron chi connectivity index (χ0n) is 5.82. The molecule has 0 N–H and O–H groups in total. The molecule has 0 aromatic carbocycles. The van der Waals surface area contributed by atoms with Crippen LogP contribution in [0.2, 0.25) is 0 Å². The molecule has 0 aliphatic rings. The smallest absolute Gasteiger partial charge is 0.164 e. The van der Waals surface area contributed by atoms with E-state index in [0.29, 0.717) is 0 Å². The van der Waals surface area contributed by atoms with Crippen LogP contribution in [0.3, 0.4) is 0 Å². The topological polar surface area (TPSA) is 43.6 Å². The highest BCUT2D eigenvalue weighted by molar-refractivity contribution is 9.10. The first-order valence-electron chi connectivity index (χ1n) is 3.06. The third-order valence-corrected chi connectivity index (χ3v) is 2.03. The summed E-state index contributed by atoms with van der Waals surface area (Å²) in [7, 11) is 1.90. The Balaban J connectivity index is 2.94. The largest absolute Gasteiger partial charge is 0.318 e. The maximum Gasteiger partial charge on any atom is 0.164 e. The summed E-state index contributed by atoms with van der Waals surface area (Å²) in [6, 6.07) is 0. The van der Waals surface area contributed by atoms with Gasteiger partial charge in [-0.15, -0.1) is 0 Å². The average Bonchev–Trinajstić information content (AvgIpc) is 2.35. The highest BCUT2D eigenvalue weighted by Gasteiger charge is 2.03. The van der Waals surface area contributed by atoms with Gasteiger partial charge in [0.15, 0.2) is 5.65 Å². The summed E-state index contributed by atoms with van der Waals surface area (Å²) in [5.41, 5.74) is 1.64. The fraction of sp³-hybridized carbons (Fsp3) is 0.167. The van der Waals surface area contributed by atoms with E-state index < -0.39 is 0 Å². The zero-order valence-corrected chi connectivity index (χ0v) is 7.41. The molecule has 2 aromatic heterocycles. The predicted molar refractivity (Wildman–Crippen MR) is 44.0 cm³/mol. The van der Waals surface area contributed by atoms with Crippen LogP contribution >= 0.6 is 15.9 Å². The summed E-state index contributed by atoms with van der Waals surface area (Å²) in [4.78, 5) is 12.1. The molecule has 2 aromatic rings. The highest BCUT2D eigenvalue weighted by atomic mass is 79.9. The monoisotopic (exact) mass is 212 g/mol. The van der Waals surface area contributed by atoms with E-state index in [1.807, 2.05) is 11.6 Å². The van der Waals surface area contributed by atoms with E-state index in [2.05, 4.69) is 30.9 Å². The van der Waals surface area contributed by atoms with Crippen LogP contribution in [0.15, 0.2) is 17.3 Å². The lowest BCUT2D eigenvalue weighted by Crippen LogP contribution is -1.88. The summed E-state index contributed by atoms with van der Waals surface area (Å²) >= 11 is 3.28. The SMILES string of the molecule is Cn1cnc2c(Br)ncnc21. The van der Waals surface area contributed by atoms with Gasteiger partial charge in [-0.2, -0.15) is 0 Å². The summed E-state index contributed by atoms with van der Waals surface area (Å²) in [6.07, 6.45) is 3.22. The van der Waals surface area contributed by atoms with Gasteiger partial charge in [0.1, 0.15) is 16.4 Å². The maximum atomic E-state index is 4.11. The van der Waals surface area contributed by atoms with Gasteiger partial charge in [-0.1, -0.05) is 0 Å². The summed E-state index contributed by atoms with van der Waals surface area (Å²) < 4.78 is 2.59. The van der Waals surface area contributed by atoms with Crippen LogP contribution in [0, 0.1) is 0 Å². The van der Waals surface area contributed by atoms with Crippen molar-refractivity contribution in [3.05, 3.63) is 17.3 Å². The number of aryl methyl sites for hydroxylation is 1. The number of hydrogen-bond donors (Lipinski definition) is 0. The number of halogens is 1. The van der Waals surface area contributed by atoms with Gasteiger partial charge in [0.05, 0.1) is 6.33 Å². The van der Waals surface area contributed by atoms with Crippen molar-refractivity contribution >= 4 is 27.1 Å². The van der Waals surface area contributed by atoms with Crippen LogP contribution in [0.25, 0.3) is 11.2 Å². The Morgan fingerprint density at radius 1 is 1.36 bits per heavy atom. The lowest BCUT2D eigenvalue weighted by atomic mass is 10.6. The molecule has 0 unspecified atom stereocenters. The first kappa shape index (κ1) is 6.72. The second-order valence-electron chi connectivity index (χ2n) is 2.19. The van der Waals surface area contributed by atoms with Gasteiger partial charge >= 0.3 is 0 Å². The summed E-state index contributed by atoms with van der Waals surface area (Å²) in [6.45, 7) is 0. The van der Waals surface area contributed by atoms with Crippen molar-refractivity contribution in [1.82, 2.24) is 19.5 Å². The Hall–Kier alpha value is -0.970. The first-order chi connectivity index (χ1) is 5.29. The van der Waals surface area contributed by atoms with Crippen molar-refractivity contribution in [1.29, 1.82) is 0 Å². The molecule has 0 saturated carbocycles. The zero-order chi connectivity index (χ0) is 7.84. The molecule has 0 amide bonds. The molecule has 5 heteroatoms. The molecule has 0 atom stereocenters.